The lowest BCUT2D eigenvalue weighted by molar-refractivity contribution is -0.0438. The molecule has 0 spiro atoms. The standard InChI is InChI=1S/C8H3F6IO4S2/c9-7(10,11)20(16,17)5-1-4(15)2-6(3-5)21(18,19)8(12,13)14/h1-3H. The Hall–Kier alpha value is -0.570. The zero-order valence-electron chi connectivity index (χ0n) is 9.33. The molecule has 0 aliphatic heterocycles. The molecule has 0 aliphatic carbocycles. The molecular formula is C8H3F6IO4S2. The van der Waals surface area contributed by atoms with Crippen molar-refractivity contribution in [3.63, 3.8) is 0 Å². The van der Waals surface area contributed by atoms with Gasteiger partial charge in [0.1, 0.15) is 0 Å². The van der Waals surface area contributed by atoms with E-state index < -0.39 is 44.1 Å². The first-order chi connectivity index (χ1) is 9.10. The minimum atomic E-state index is -5.96. The first-order valence-corrected chi connectivity index (χ1v) is 8.58. The molecule has 120 valence electrons. The molecule has 4 nitrogen and oxygen atoms in total. The van der Waals surface area contributed by atoms with Crippen molar-refractivity contribution >= 4 is 42.3 Å². The number of hydrogen-bond donors (Lipinski definition) is 0. The van der Waals surface area contributed by atoms with Crippen molar-refractivity contribution in [1.29, 1.82) is 0 Å². The van der Waals surface area contributed by atoms with Gasteiger partial charge in [-0.05, 0) is 40.8 Å². The molecule has 0 aliphatic rings. The van der Waals surface area contributed by atoms with Gasteiger partial charge in [0.15, 0.2) is 0 Å². The number of sulfone groups is 2. The minimum absolute atomic E-state index is 0.173. The second-order valence-electron chi connectivity index (χ2n) is 3.52. The zero-order chi connectivity index (χ0) is 16.9. The monoisotopic (exact) mass is 468 g/mol. The Morgan fingerprint density at radius 1 is 0.714 bits per heavy atom. The Balaban J connectivity index is 3.67. The van der Waals surface area contributed by atoms with E-state index >= 15 is 0 Å². The molecule has 0 saturated carbocycles. The lowest BCUT2D eigenvalue weighted by Crippen LogP contribution is -2.26. The van der Waals surface area contributed by atoms with Gasteiger partial charge < -0.3 is 0 Å². The van der Waals surface area contributed by atoms with Gasteiger partial charge in [-0.1, -0.05) is 0 Å². The van der Waals surface area contributed by atoms with Crippen LogP contribution in [0.15, 0.2) is 28.0 Å². The highest BCUT2D eigenvalue weighted by Crippen LogP contribution is 2.35. The van der Waals surface area contributed by atoms with Gasteiger partial charge in [-0.3, -0.25) is 0 Å². The van der Waals surface area contributed by atoms with Crippen molar-refractivity contribution in [3.8, 4) is 0 Å². The molecular weight excluding hydrogens is 465 g/mol. The molecule has 0 fully saturated rings. The number of benzene rings is 1. The Morgan fingerprint density at radius 3 is 1.24 bits per heavy atom. The van der Waals surface area contributed by atoms with E-state index in [-0.39, 0.29) is 6.07 Å². The van der Waals surface area contributed by atoms with E-state index in [0.717, 1.165) is 0 Å². The SMILES string of the molecule is O=S(=O)(c1cc(I)cc(S(=O)(=O)C(F)(F)F)c1)C(F)(F)F. The molecule has 0 N–H and O–H groups in total. The van der Waals surface area contributed by atoms with Crippen LogP contribution in [0.25, 0.3) is 0 Å². The predicted octanol–water partition coefficient (Wildman–Crippen LogP) is 2.88. The van der Waals surface area contributed by atoms with E-state index in [2.05, 4.69) is 0 Å². The summed E-state index contributed by atoms with van der Waals surface area (Å²) in [6, 6.07) is 0.658. The normalized spacial score (nSPS) is 14.2. The average Bonchev–Trinajstić information content (AvgIpc) is 2.24. The lowest BCUT2D eigenvalue weighted by atomic mass is 10.4. The summed E-state index contributed by atoms with van der Waals surface area (Å²) in [4.78, 5) is -3.16. The largest absolute Gasteiger partial charge is 0.501 e. The highest BCUT2D eigenvalue weighted by molar-refractivity contribution is 14.1. The fraction of sp³-hybridized carbons (Fsp3) is 0.250. The topological polar surface area (TPSA) is 68.3 Å². The Kier molecular flexibility index (Phi) is 4.63. The van der Waals surface area contributed by atoms with Crippen LogP contribution in [0.5, 0.6) is 0 Å². The van der Waals surface area contributed by atoms with Crippen LogP contribution in [0, 0.1) is 3.57 Å². The van der Waals surface area contributed by atoms with Gasteiger partial charge in [0.2, 0.25) is 0 Å². The Morgan fingerprint density at radius 2 is 1.00 bits per heavy atom. The van der Waals surface area contributed by atoms with E-state index in [1.165, 1.54) is 22.6 Å². The van der Waals surface area contributed by atoms with Crippen LogP contribution in [0.1, 0.15) is 0 Å². The van der Waals surface area contributed by atoms with Crippen LogP contribution < -0.4 is 0 Å². The summed E-state index contributed by atoms with van der Waals surface area (Å²) < 4.78 is 118. The average molecular weight is 468 g/mol. The van der Waals surface area contributed by atoms with Gasteiger partial charge in [0.25, 0.3) is 19.7 Å². The maximum absolute atomic E-state index is 12.4. The maximum Gasteiger partial charge on any atom is 0.501 e. The molecule has 0 heterocycles. The fourth-order valence-electron chi connectivity index (χ4n) is 1.11. The Labute approximate surface area is 128 Å². The molecule has 0 saturated heterocycles. The van der Waals surface area contributed by atoms with Gasteiger partial charge in [0.05, 0.1) is 9.79 Å². The highest BCUT2D eigenvalue weighted by Gasteiger charge is 2.50. The summed E-state index contributed by atoms with van der Waals surface area (Å²) in [7, 11) is -11.9. The van der Waals surface area contributed by atoms with Crippen molar-refractivity contribution in [1.82, 2.24) is 0 Å². The molecule has 0 unspecified atom stereocenters. The first-order valence-electron chi connectivity index (χ1n) is 4.54. The summed E-state index contributed by atoms with van der Waals surface area (Å²) in [5.74, 6) is 0. The molecule has 1 aromatic carbocycles. The third kappa shape index (κ3) is 3.44. The summed E-state index contributed by atoms with van der Waals surface area (Å²) in [5.41, 5.74) is -11.5. The van der Waals surface area contributed by atoms with E-state index in [0.29, 0.717) is 12.1 Å². The molecule has 1 rings (SSSR count). The molecule has 0 radical (unpaired) electrons. The second-order valence-corrected chi connectivity index (χ2v) is 8.65. The number of halogens is 7. The van der Waals surface area contributed by atoms with Crippen LogP contribution in [-0.4, -0.2) is 27.9 Å². The number of rotatable bonds is 2. The minimum Gasteiger partial charge on any atom is -0.214 e. The van der Waals surface area contributed by atoms with Gasteiger partial charge in [-0.2, -0.15) is 26.3 Å². The highest BCUT2D eigenvalue weighted by atomic mass is 127. The third-order valence-electron chi connectivity index (χ3n) is 2.07. The third-order valence-corrected chi connectivity index (χ3v) is 5.63. The first kappa shape index (κ1) is 18.5. The molecule has 13 heteroatoms. The van der Waals surface area contributed by atoms with Gasteiger partial charge in [-0.25, -0.2) is 16.8 Å². The van der Waals surface area contributed by atoms with E-state index in [9.17, 15) is 43.2 Å². The number of hydrogen-bond acceptors (Lipinski definition) is 4. The quantitative estimate of drug-likeness (QED) is 0.495. The van der Waals surface area contributed by atoms with Gasteiger partial charge in [0, 0.05) is 3.57 Å². The van der Waals surface area contributed by atoms with Gasteiger partial charge >= 0.3 is 11.0 Å². The molecule has 0 amide bonds. The van der Waals surface area contributed by atoms with Crippen molar-refractivity contribution in [2.75, 3.05) is 0 Å². The smallest absolute Gasteiger partial charge is 0.214 e. The molecule has 0 atom stereocenters. The molecule has 0 bridgehead atoms. The van der Waals surface area contributed by atoms with Crippen LogP contribution in [0.3, 0.4) is 0 Å². The summed E-state index contributed by atoms with van der Waals surface area (Å²) in [6.45, 7) is 0. The van der Waals surface area contributed by atoms with Gasteiger partial charge in [-0.15, -0.1) is 0 Å². The van der Waals surface area contributed by atoms with Crippen LogP contribution in [0.4, 0.5) is 26.3 Å². The second kappa shape index (κ2) is 5.26. The molecule has 1 aromatic rings. The lowest BCUT2D eigenvalue weighted by Gasteiger charge is -2.12. The van der Waals surface area contributed by atoms with Crippen molar-refractivity contribution in [2.24, 2.45) is 0 Å². The van der Waals surface area contributed by atoms with Crippen LogP contribution in [0.2, 0.25) is 0 Å². The van der Waals surface area contributed by atoms with Crippen LogP contribution >= 0.6 is 22.6 Å². The molecule has 21 heavy (non-hydrogen) atoms. The van der Waals surface area contributed by atoms with Crippen molar-refractivity contribution in [3.05, 3.63) is 21.8 Å². The van der Waals surface area contributed by atoms with E-state index in [4.69, 9.17) is 0 Å². The summed E-state index contributed by atoms with van der Waals surface area (Å²) in [6.07, 6.45) is 0. The van der Waals surface area contributed by atoms with E-state index in [1.807, 2.05) is 0 Å². The fourth-order valence-corrected chi connectivity index (χ4v) is 3.95. The summed E-state index contributed by atoms with van der Waals surface area (Å²) in [5, 5.41) is 0. The van der Waals surface area contributed by atoms with Crippen molar-refractivity contribution < 1.29 is 43.2 Å². The molecule has 0 aromatic heterocycles. The van der Waals surface area contributed by atoms with Crippen LogP contribution in [-0.2, 0) is 19.7 Å². The summed E-state index contributed by atoms with van der Waals surface area (Å²) >= 11 is 1.20. The van der Waals surface area contributed by atoms with Crippen molar-refractivity contribution in [2.45, 2.75) is 20.8 Å². The predicted molar refractivity (Wildman–Crippen MR) is 65.6 cm³/mol. The Bertz CT molecular complexity index is 701. The zero-order valence-corrected chi connectivity index (χ0v) is 13.1. The van der Waals surface area contributed by atoms with E-state index in [1.54, 1.807) is 0 Å². The number of alkyl halides is 6. The maximum atomic E-state index is 12.4.